The summed E-state index contributed by atoms with van der Waals surface area (Å²) in [6, 6.07) is 5.50. The molecule has 0 aliphatic carbocycles. The second kappa shape index (κ2) is 6.55. The number of methoxy groups -OCH3 is 1. The van der Waals surface area contributed by atoms with Crippen LogP contribution < -0.4 is 4.90 Å². The molecule has 1 aliphatic rings. The molecule has 0 bridgehead atoms. The molecule has 0 radical (unpaired) electrons. The predicted molar refractivity (Wildman–Crippen MR) is 77.0 cm³/mol. The number of carbonyl (C=O) groups is 1. The summed E-state index contributed by atoms with van der Waals surface area (Å²) < 4.78 is 5.06. The van der Waals surface area contributed by atoms with Crippen LogP contribution in [0, 0.1) is 16.7 Å². The molecule has 6 nitrogen and oxygen atoms in total. The number of nitrogens with zero attached hydrogens (tertiary/aromatic N) is 3. The Hall–Kier alpha value is -2.13. The zero-order valence-corrected chi connectivity index (χ0v) is 12.1. The molecule has 0 saturated carbocycles. The first-order chi connectivity index (χ1) is 10.1. The summed E-state index contributed by atoms with van der Waals surface area (Å²) in [4.78, 5) is 18.0. The van der Waals surface area contributed by atoms with Crippen molar-refractivity contribution in [2.24, 2.45) is 5.41 Å². The molecule has 1 atom stereocenters. The van der Waals surface area contributed by atoms with Crippen LogP contribution in [-0.4, -0.2) is 42.9 Å². The van der Waals surface area contributed by atoms with E-state index in [0.717, 1.165) is 18.8 Å². The average molecular weight is 289 g/mol. The Morgan fingerprint density at radius 2 is 2.43 bits per heavy atom. The fraction of sp³-hybridized carbons (Fsp3) is 0.533. The Morgan fingerprint density at radius 1 is 1.62 bits per heavy atom. The van der Waals surface area contributed by atoms with Crippen LogP contribution in [0.15, 0.2) is 18.3 Å². The van der Waals surface area contributed by atoms with Crippen LogP contribution in [0.1, 0.15) is 24.8 Å². The summed E-state index contributed by atoms with van der Waals surface area (Å²) >= 11 is 0. The third-order valence-corrected chi connectivity index (χ3v) is 4.02. The number of anilines is 1. The predicted octanol–water partition coefficient (Wildman–Crippen LogP) is 1.66. The standard InChI is InChI=1S/C15H19N3O3/c1-21-8-6-15(14(19)20)5-2-7-18(11-15)13-4-3-12(9-16)10-17-13/h3-4,10H,2,5-8,11H2,1H3,(H,19,20)/t15-/m1/s1. The van der Waals surface area contributed by atoms with Crippen molar-refractivity contribution in [3.8, 4) is 6.07 Å². The molecule has 0 amide bonds. The van der Waals surface area contributed by atoms with Crippen molar-refractivity contribution in [1.29, 1.82) is 5.26 Å². The van der Waals surface area contributed by atoms with E-state index in [-0.39, 0.29) is 0 Å². The second-order valence-electron chi connectivity index (χ2n) is 5.37. The van der Waals surface area contributed by atoms with E-state index in [2.05, 4.69) is 4.98 Å². The number of aliphatic carboxylic acids is 1. The number of rotatable bonds is 5. The van der Waals surface area contributed by atoms with E-state index in [9.17, 15) is 9.90 Å². The summed E-state index contributed by atoms with van der Waals surface area (Å²) in [6.07, 6.45) is 3.46. The van der Waals surface area contributed by atoms with E-state index < -0.39 is 11.4 Å². The summed E-state index contributed by atoms with van der Waals surface area (Å²) in [5.41, 5.74) is -0.288. The average Bonchev–Trinajstić information content (AvgIpc) is 2.53. The number of pyridine rings is 1. The van der Waals surface area contributed by atoms with Crippen molar-refractivity contribution >= 4 is 11.8 Å². The summed E-state index contributed by atoms with van der Waals surface area (Å²) in [6.45, 7) is 1.63. The van der Waals surface area contributed by atoms with E-state index in [0.29, 0.717) is 31.6 Å². The molecule has 112 valence electrons. The van der Waals surface area contributed by atoms with Crippen molar-refractivity contribution in [2.75, 3.05) is 31.7 Å². The summed E-state index contributed by atoms with van der Waals surface area (Å²) in [5, 5.41) is 18.4. The lowest BCUT2D eigenvalue weighted by Crippen LogP contribution is -2.48. The molecule has 1 N–H and O–H groups in total. The lowest BCUT2D eigenvalue weighted by Gasteiger charge is -2.40. The van der Waals surface area contributed by atoms with E-state index in [1.807, 2.05) is 11.0 Å². The molecule has 2 rings (SSSR count). The van der Waals surface area contributed by atoms with Crippen molar-refractivity contribution in [2.45, 2.75) is 19.3 Å². The third kappa shape index (κ3) is 3.31. The fourth-order valence-corrected chi connectivity index (χ4v) is 2.75. The van der Waals surface area contributed by atoms with Gasteiger partial charge in [-0.2, -0.15) is 5.26 Å². The monoisotopic (exact) mass is 289 g/mol. The van der Waals surface area contributed by atoms with Crippen LogP contribution in [-0.2, 0) is 9.53 Å². The van der Waals surface area contributed by atoms with Crippen molar-refractivity contribution in [3.63, 3.8) is 0 Å². The number of piperidine rings is 1. The Bertz CT molecular complexity index is 538. The van der Waals surface area contributed by atoms with Gasteiger partial charge in [-0.3, -0.25) is 4.79 Å². The topological polar surface area (TPSA) is 86.5 Å². The molecular formula is C15H19N3O3. The minimum atomic E-state index is -0.788. The quantitative estimate of drug-likeness (QED) is 0.887. The van der Waals surface area contributed by atoms with Gasteiger partial charge in [0.1, 0.15) is 11.9 Å². The van der Waals surface area contributed by atoms with Crippen molar-refractivity contribution in [1.82, 2.24) is 4.98 Å². The number of ether oxygens (including phenoxy) is 1. The van der Waals surface area contributed by atoms with E-state index >= 15 is 0 Å². The Morgan fingerprint density at radius 3 is 3.00 bits per heavy atom. The molecule has 2 heterocycles. The maximum Gasteiger partial charge on any atom is 0.311 e. The summed E-state index contributed by atoms with van der Waals surface area (Å²) in [7, 11) is 1.58. The van der Waals surface area contributed by atoms with Crippen LogP contribution >= 0.6 is 0 Å². The second-order valence-corrected chi connectivity index (χ2v) is 5.37. The zero-order chi connectivity index (χ0) is 15.3. The molecule has 0 unspecified atom stereocenters. The molecular weight excluding hydrogens is 270 g/mol. The van der Waals surface area contributed by atoms with Crippen LogP contribution in [0.4, 0.5) is 5.82 Å². The van der Waals surface area contributed by atoms with Gasteiger partial charge in [0.2, 0.25) is 0 Å². The van der Waals surface area contributed by atoms with Gasteiger partial charge in [-0.05, 0) is 31.4 Å². The first kappa shape index (κ1) is 15.3. The largest absolute Gasteiger partial charge is 0.481 e. The van der Waals surface area contributed by atoms with Crippen LogP contribution in [0.3, 0.4) is 0 Å². The summed E-state index contributed by atoms with van der Waals surface area (Å²) in [5.74, 6) is -0.0605. The van der Waals surface area contributed by atoms with E-state index in [1.165, 1.54) is 6.20 Å². The number of carboxylic acid groups (broad SMARTS) is 1. The molecule has 1 aromatic rings. The fourth-order valence-electron chi connectivity index (χ4n) is 2.75. The Labute approximate surface area is 124 Å². The maximum atomic E-state index is 11.7. The van der Waals surface area contributed by atoms with Gasteiger partial charge in [0, 0.05) is 33.0 Å². The first-order valence-electron chi connectivity index (χ1n) is 6.95. The molecule has 1 fully saturated rings. The van der Waals surface area contributed by atoms with Crippen LogP contribution in [0.5, 0.6) is 0 Å². The highest BCUT2D eigenvalue weighted by molar-refractivity contribution is 5.76. The minimum absolute atomic E-state index is 0.421. The molecule has 1 saturated heterocycles. The number of hydrogen-bond donors (Lipinski definition) is 1. The molecule has 1 aromatic heterocycles. The number of nitriles is 1. The van der Waals surface area contributed by atoms with E-state index in [4.69, 9.17) is 10.00 Å². The lowest BCUT2D eigenvalue weighted by atomic mass is 9.77. The lowest BCUT2D eigenvalue weighted by molar-refractivity contribution is -0.150. The minimum Gasteiger partial charge on any atom is -0.481 e. The van der Waals surface area contributed by atoms with Crippen molar-refractivity contribution < 1.29 is 14.6 Å². The highest BCUT2D eigenvalue weighted by Gasteiger charge is 2.42. The number of aromatic nitrogens is 1. The van der Waals surface area contributed by atoms with Gasteiger partial charge >= 0.3 is 5.97 Å². The van der Waals surface area contributed by atoms with Crippen LogP contribution in [0.25, 0.3) is 0 Å². The number of carboxylic acids is 1. The maximum absolute atomic E-state index is 11.7. The molecule has 6 heteroatoms. The zero-order valence-electron chi connectivity index (χ0n) is 12.1. The van der Waals surface area contributed by atoms with Gasteiger partial charge in [0.05, 0.1) is 11.0 Å². The molecule has 21 heavy (non-hydrogen) atoms. The van der Waals surface area contributed by atoms with Gasteiger partial charge in [-0.25, -0.2) is 4.98 Å². The third-order valence-electron chi connectivity index (χ3n) is 4.02. The molecule has 0 spiro atoms. The number of hydrogen-bond acceptors (Lipinski definition) is 5. The highest BCUT2D eigenvalue weighted by Crippen LogP contribution is 2.35. The van der Waals surface area contributed by atoms with Gasteiger partial charge in [0.15, 0.2) is 0 Å². The molecule has 0 aromatic carbocycles. The highest BCUT2D eigenvalue weighted by atomic mass is 16.5. The first-order valence-corrected chi connectivity index (χ1v) is 6.95. The van der Waals surface area contributed by atoms with Crippen molar-refractivity contribution in [3.05, 3.63) is 23.9 Å². The Balaban J connectivity index is 2.17. The van der Waals surface area contributed by atoms with Crippen LogP contribution in [0.2, 0.25) is 0 Å². The Kier molecular flexibility index (Phi) is 4.76. The van der Waals surface area contributed by atoms with Gasteiger partial charge in [-0.1, -0.05) is 0 Å². The SMILES string of the molecule is COCC[C@]1(C(=O)O)CCCN(c2ccc(C#N)cn2)C1. The van der Waals surface area contributed by atoms with Gasteiger partial charge in [0.25, 0.3) is 0 Å². The van der Waals surface area contributed by atoms with Gasteiger partial charge < -0.3 is 14.7 Å². The normalized spacial score (nSPS) is 21.8. The molecule has 1 aliphatic heterocycles. The smallest absolute Gasteiger partial charge is 0.311 e. The van der Waals surface area contributed by atoms with Gasteiger partial charge in [-0.15, -0.1) is 0 Å². The van der Waals surface area contributed by atoms with E-state index in [1.54, 1.807) is 19.2 Å².